The first-order chi connectivity index (χ1) is 7.00. The molecule has 2 unspecified atom stereocenters. The van der Waals surface area contributed by atoms with E-state index in [4.69, 9.17) is 5.11 Å². The van der Waals surface area contributed by atoms with E-state index in [0.29, 0.717) is 12.1 Å². The summed E-state index contributed by atoms with van der Waals surface area (Å²) in [5.74, 6) is -0.101. The van der Waals surface area contributed by atoms with Crippen LogP contribution in [-0.4, -0.2) is 27.7 Å². The summed E-state index contributed by atoms with van der Waals surface area (Å²) >= 11 is 0. The zero-order valence-corrected chi connectivity index (χ0v) is 9.40. The molecule has 2 atom stereocenters. The van der Waals surface area contributed by atoms with E-state index in [9.17, 15) is 4.79 Å². The van der Waals surface area contributed by atoms with E-state index in [1.807, 2.05) is 26.2 Å². The topological polar surface area (TPSA) is 54.3 Å². The van der Waals surface area contributed by atoms with Crippen molar-refractivity contribution in [1.82, 2.24) is 9.88 Å². The average molecular weight is 210 g/mol. The molecule has 2 N–H and O–H groups in total. The van der Waals surface area contributed by atoms with Gasteiger partial charge >= 0.3 is 0 Å². The van der Waals surface area contributed by atoms with Crippen LogP contribution >= 0.6 is 0 Å². The lowest BCUT2D eigenvalue weighted by atomic mass is 10.1. The molecule has 0 fully saturated rings. The Morgan fingerprint density at radius 2 is 2.27 bits per heavy atom. The van der Waals surface area contributed by atoms with Crippen LogP contribution in [0, 0.1) is 0 Å². The molecular formula is C11H18N2O2. The molecule has 1 aromatic rings. The van der Waals surface area contributed by atoms with Crippen molar-refractivity contribution >= 4 is 5.91 Å². The van der Waals surface area contributed by atoms with Gasteiger partial charge in [0.1, 0.15) is 5.69 Å². The number of nitrogens with one attached hydrogen (secondary N) is 1. The van der Waals surface area contributed by atoms with E-state index in [1.165, 1.54) is 0 Å². The third-order valence-electron chi connectivity index (χ3n) is 2.25. The Morgan fingerprint density at radius 3 is 2.73 bits per heavy atom. The maximum Gasteiger partial charge on any atom is 0.268 e. The molecular weight excluding hydrogens is 192 g/mol. The van der Waals surface area contributed by atoms with Crippen LogP contribution in [0.3, 0.4) is 0 Å². The Kier molecular flexibility index (Phi) is 3.91. The van der Waals surface area contributed by atoms with Crippen LogP contribution in [0.5, 0.6) is 0 Å². The van der Waals surface area contributed by atoms with Crippen molar-refractivity contribution in [2.75, 3.05) is 0 Å². The highest BCUT2D eigenvalue weighted by Crippen LogP contribution is 2.02. The maximum absolute atomic E-state index is 11.7. The van der Waals surface area contributed by atoms with Crippen molar-refractivity contribution < 1.29 is 9.90 Å². The Hall–Kier alpha value is -1.29. The van der Waals surface area contributed by atoms with Gasteiger partial charge in [-0.2, -0.15) is 0 Å². The second-order valence-electron chi connectivity index (χ2n) is 3.96. The molecule has 1 rings (SSSR count). The first-order valence-electron chi connectivity index (χ1n) is 5.11. The molecule has 84 valence electrons. The number of carbonyl (C=O) groups is 1. The largest absolute Gasteiger partial charge is 0.393 e. The second-order valence-corrected chi connectivity index (χ2v) is 3.96. The van der Waals surface area contributed by atoms with E-state index >= 15 is 0 Å². The fourth-order valence-corrected chi connectivity index (χ4v) is 1.57. The highest BCUT2D eigenvalue weighted by Gasteiger charge is 2.13. The summed E-state index contributed by atoms with van der Waals surface area (Å²) in [6, 6.07) is 3.57. The number of aryl methyl sites for hydroxylation is 1. The summed E-state index contributed by atoms with van der Waals surface area (Å²) < 4.78 is 1.77. The summed E-state index contributed by atoms with van der Waals surface area (Å²) in [4.78, 5) is 11.7. The van der Waals surface area contributed by atoms with Crippen LogP contribution in [0.1, 0.15) is 30.8 Å². The fraction of sp³-hybridized carbons (Fsp3) is 0.545. The molecule has 0 aliphatic carbocycles. The molecule has 15 heavy (non-hydrogen) atoms. The van der Waals surface area contributed by atoms with Crippen LogP contribution < -0.4 is 5.32 Å². The van der Waals surface area contributed by atoms with Crippen molar-refractivity contribution in [2.24, 2.45) is 7.05 Å². The number of rotatable bonds is 4. The van der Waals surface area contributed by atoms with Gasteiger partial charge in [-0.1, -0.05) is 0 Å². The van der Waals surface area contributed by atoms with Crippen molar-refractivity contribution in [3.63, 3.8) is 0 Å². The van der Waals surface area contributed by atoms with Crippen molar-refractivity contribution in [3.05, 3.63) is 24.0 Å². The Bertz CT molecular complexity index is 331. The van der Waals surface area contributed by atoms with Gasteiger partial charge in [0.05, 0.1) is 6.10 Å². The number of carbonyl (C=O) groups excluding carboxylic acids is 1. The van der Waals surface area contributed by atoms with Gasteiger partial charge in [-0.25, -0.2) is 0 Å². The van der Waals surface area contributed by atoms with Gasteiger partial charge in [-0.05, 0) is 32.4 Å². The van der Waals surface area contributed by atoms with Crippen molar-refractivity contribution in [1.29, 1.82) is 0 Å². The Morgan fingerprint density at radius 1 is 1.60 bits per heavy atom. The van der Waals surface area contributed by atoms with E-state index < -0.39 is 6.10 Å². The molecule has 0 spiro atoms. The van der Waals surface area contributed by atoms with Crippen LogP contribution in [0.2, 0.25) is 0 Å². The molecule has 0 saturated heterocycles. The lowest BCUT2D eigenvalue weighted by Gasteiger charge is -2.15. The lowest BCUT2D eigenvalue weighted by molar-refractivity contribution is 0.0915. The minimum Gasteiger partial charge on any atom is -0.393 e. The monoisotopic (exact) mass is 210 g/mol. The number of hydrogen-bond acceptors (Lipinski definition) is 2. The summed E-state index contributed by atoms with van der Waals surface area (Å²) in [5.41, 5.74) is 0.632. The quantitative estimate of drug-likeness (QED) is 0.776. The molecule has 1 aromatic heterocycles. The van der Waals surface area contributed by atoms with Crippen molar-refractivity contribution in [2.45, 2.75) is 32.4 Å². The van der Waals surface area contributed by atoms with Gasteiger partial charge in [-0.3, -0.25) is 4.79 Å². The van der Waals surface area contributed by atoms with E-state index in [2.05, 4.69) is 5.32 Å². The maximum atomic E-state index is 11.7. The summed E-state index contributed by atoms with van der Waals surface area (Å²) in [5, 5.41) is 12.0. The molecule has 0 radical (unpaired) electrons. The fourth-order valence-electron chi connectivity index (χ4n) is 1.57. The van der Waals surface area contributed by atoms with Gasteiger partial charge < -0.3 is 15.0 Å². The van der Waals surface area contributed by atoms with Crippen LogP contribution in [0.15, 0.2) is 18.3 Å². The van der Waals surface area contributed by atoms with E-state index in [-0.39, 0.29) is 11.9 Å². The Labute approximate surface area is 89.9 Å². The predicted molar refractivity (Wildman–Crippen MR) is 58.6 cm³/mol. The van der Waals surface area contributed by atoms with Gasteiger partial charge in [0.25, 0.3) is 5.91 Å². The first-order valence-corrected chi connectivity index (χ1v) is 5.11. The number of amides is 1. The minimum absolute atomic E-state index is 0.0209. The zero-order chi connectivity index (χ0) is 11.4. The first kappa shape index (κ1) is 11.8. The lowest BCUT2D eigenvalue weighted by Crippen LogP contribution is -2.35. The van der Waals surface area contributed by atoms with Crippen LogP contribution in [-0.2, 0) is 7.05 Å². The van der Waals surface area contributed by atoms with Crippen molar-refractivity contribution in [3.8, 4) is 0 Å². The molecule has 1 heterocycles. The molecule has 0 aliphatic rings. The number of aliphatic hydroxyl groups excluding tert-OH is 1. The van der Waals surface area contributed by atoms with Crippen LogP contribution in [0.25, 0.3) is 0 Å². The summed E-state index contributed by atoms with van der Waals surface area (Å²) in [7, 11) is 1.83. The zero-order valence-electron chi connectivity index (χ0n) is 9.40. The van der Waals surface area contributed by atoms with Crippen LogP contribution in [0.4, 0.5) is 0 Å². The number of aromatic nitrogens is 1. The summed E-state index contributed by atoms with van der Waals surface area (Å²) in [6.45, 7) is 3.60. The third-order valence-corrected chi connectivity index (χ3v) is 2.25. The molecule has 0 aliphatic heterocycles. The van der Waals surface area contributed by atoms with Gasteiger partial charge in [-0.15, -0.1) is 0 Å². The van der Waals surface area contributed by atoms with E-state index in [1.54, 1.807) is 17.6 Å². The minimum atomic E-state index is -0.395. The second kappa shape index (κ2) is 4.98. The number of nitrogens with zero attached hydrogens (tertiary/aromatic N) is 1. The summed E-state index contributed by atoms with van der Waals surface area (Å²) in [6.07, 6.45) is 2.00. The van der Waals surface area contributed by atoms with E-state index in [0.717, 1.165) is 0 Å². The predicted octanol–water partition coefficient (Wildman–Crippen LogP) is 0.914. The van der Waals surface area contributed by atoms with Gasteiger partial charge in [0.15, 0.2) is 0 Å². The third kappa shape index (κ3) is 3.40. The molecule has 4 nitrogen and oxygen atoms in total. The SMILES string of the molecule is CC(O)CC(C)NC(=O)c1cccn1C. The molecule has 0 bridgehead atoms. The highest BCUT2D eigenvalue weighted by atomic mass is 16.3. The number of hydrogen-bond donors (Lipinski definition) is 2. The Balaban J connectivity index is 2.53. The molecule has 1 amide bonds. The van der Waals surface area contributed by atoms with Gasteiger partial charge in [0, 0.05) is 19.3 Å². The average Bonchev–Trinajstić information content (AvgIpc) is 2.49. The number of aliphatic hydroxyl groups is 1. The van der Waals surface area contributed by atoms with Gasteiger partial charge in [0.2, 0.25) is 0 Å². The highest BCUT2D eigenvalue weighted by molar-refractivity contribution is 5.92. The molecule has 0 aromatic carbocycles. The molecule has 0 saturated carbocycles. The molecule has 4 heteroatoms. The smallest absolute Gasteiger partial charge is 0.268 e. The normalized spacial score (nSPS) is 14.7. The standard InChI is InChI=1S/C11H18N2O2/c1-8(7-9(2)14)12-11(15)10-5-4-6-13(10)3/h4-6,8-9,14H,7H2,1-3H3,(H,12,15).